The van der Waals surface area contributed by atoms with Crippen LogP contribution in [0.2, 0.25) is 0 Å². The van der Waals surface area contributed by atoms with Gasteiger partial charge in [-0.3, -0.25) is 4.79 Å². The summed E-state index contributed by atoms with van der Waals surface area (Å²) in [5.74, 6) is 0.821. The minimum Gasteiger partial charge on any atom is -0.490 e. The summed E-state index contributed by atoms with van der Waals surface area (Å²) in [5, 5.41) is 13.2. The van der Waals surface area contributed by atoms with Crippen LogP contribution in [0.15, 0.2) is 18.2 Å². The third-order valence-corrected chi connectivity index (χ3v) is 3.38. The van der Waals surface area contributed by atoms with Crippen LogP contribution in [0.1, 0.15) is 45.2 Å². The highest BCUT2D eigenvalue weighted by Gasteiger charge is 2.11. The second-order valence-corrected chi connectivity index (χ2v) is 6.40. The summed E-state index contributed by atoms with van der Waals surface area (Å²) in [7, 11) is 0. The molecule has 136 valence electrons. The van der Waals surface area contributed by atoms with Gasteiger partial charge in [-0.25, -0.2) is 0 Å². The number of nitrogens with one attached hydrogen (secondary N) is 1. The molecule has 1 atom stereocenters. The van der Waals surface area contributed by atoms with Gasteiger partial charge in [-0.1, -0.05) is 26.8 Å². The smallest absolute Gasteiger partial charge is 0.134 e. The minimum absolute atomic E-state index is 0.124. The molecular formula is C19H31NO4. The van der Waals surface area contributed by atoms with Crippen LogP contribution < -0.4 is 10.1 Å². The van der Waals surface area contributed by atoms with E-state index < -0.39 is 6.10 Å². The number of carbonyl (C=O) groups excluding carboxylic acids is 1. The lowest BCUT2D eigenvalue weighted by Gasteiger charge is -2.17. The molecule has 0 spiro atoms. The molecule has 2 N–H and O–H groups in total. The highest BCUT2D eigenvalue weighted by atomic mass is 16.5. The maximum Gasteiger partial charge on any atom is 0.134 e. The molecule has 0 aliphatic rings. The highest BCUT2D eigenvalue weighted by molar-refractivity contribution is 5.78. The van der Waals surface area contributed by atoms with Crippen LogP contribution in [0.3, 0.4) is 0 Å². The van der Waals surface area contributed by atoms with Gasteiger partial charge >= 0.3 is 0 Å². The quantitative estimate of drug-likeness (QED) is 0.574. The van der Waals surface area contributed by atoms with Crippen LogP contribution in [0, 0.1) is 0 Å². The van der Waals surface area contributed by atoms with Gasteiger partial charge in [-0.15, -0.1) is 0 Å². The van der Waals surface area contributed by atoms with Gasteiger partial charge in [0.1, 0.15) is 24.2 Å². The average molecular weight is 337 g/mol. The molecule has 0 unspecified atom stereocenters. The summed E-state index contributed by atoms with van der Waals surface area (Å²) >= 11 is 0. The molecule has 5 nitrogen and oxygen atoms in total. The summed E-state index contributed by atoms with van der Waals surface area (Å²) in [5.41, 5.74) is 1.86. The molecule has 5 heteroatoms. The number of Topliss-reactive ketones (excluding diaryl/α,β-unsaturated/α-hetero) is 1. The van der Waals surface area contributed by atoms with Crippen LogP contribution in [0.4, 0.5) is 0 Å². The number of ketones is 1. The van der Waals surface area contributed by atoms with Crippen LogP contribution in [-0.2, 0) is 22.6 Å². The van der Waals surface area contributed by atoms with Crippen molar-refractivity contribution in [1.29, 1.82) is 0 Å². The van der Waals surface area contributed by atoms with Crippen molar-refractivity contribution in [2.75, 3.05) is 19.8 Å². The van der Waals surface area contributed by atoms with Gasteiger partial charge in [-0.2, -0.15) is 0 Å². The van der Waals surface area contributed by atoms with Crippen molar-refractivity contribution in [3.63, 3.8) is 0 Å². The Balaban J connectivity index is 2.70. The first-order valence-corrected chi connectivity index (χ1v) is 8.65. The van der Waals surface area contributed by atoms with Gasteiger partial charge in [0.2, 0.25) is 0 Å². The second-order valence-electron chi connectivity index (χ2n) is 6.40. The maximum atomic E-state index is 11.3. The third-order valence-electron chi connectivity index (χ3n) is 3.38. The molecule has 0 fully saturated rings. The number of rotatable bonds is 12. The fourth-order valence-corrected chi connectivity index (χ4v) is 2.23. The Labute approximate surface area is 145 Å². The normalized spacial score (nSPS) is 12.4. The summed E-state index contributed by atoms with van der Waals surface area (Å²) < 4.78 is 11.4. The van der Waals surface area contributed by atoms with Crippen molar-refractivity contribution >= 4 is 5.78 Å². The Hall–Kier alpha value is -1.43. The molecule has 0 aliphatic carbocycles. The molecule has 0 bridgehead atoms. The summed E-state index contributed by atoms with van der Waals surface area (Å²) in [6.07, 6.45) is 0.777. The molecular weight excluding hydrogens is 306 g/mol. The first-order valence-electron chi connectivity index (χ1n) is 8.65. The van der Waals surface area contributed by atoms with Gasteiger partial charge in [-0.05, 0) is 31.0 Å². The molecule has 0 saturated carbocycles. The van der Waals surface area contributed by atoms with Crippen LogP contribution >= 0.6 is 0 Å². The Kier molecular flexibility index (Phi) is 9.60. The van der Waals surface area contributed by atoms with Gasteiger partial charge < -0.3 is 19.9 Å². The Morgan fingerprint density at radius 3 is 2.71 bits per heavy atom. The van der Waals surface area contributed by atoms with E-state index in [1.807, 2.05) is 32.0 Å². The topological polar surface area (TPSA) is 67.8 Å². The molecule has 0 amide bonds. The molecule has 1 rings (SSSR count). The molecule has 1 aromatic rings. The Morgan fingerprint density at radius 1 is 1.33 bits per heavy atom. The van der Waals surface area contributed by atoms with Crippen LogP contribution in [-0.4, -0.2) is 42.8 Å². The Bertz CT molecular complexity index is 502. The number of aliphatic hydroxyl groups is 1. The van der Waals surface area contributed by atoms with E-state index in [1.165, 1.54) is 0 Å². The van der Waals surface area contributed by atoms with E-state index in [4.69, 9.17) is 9.47 Å². The van der Waals surface area contributed by atoms with E-state index in [0.29, 0.717) is 38.0 Å². The lowest BCUT2D eigenvalue weighted by molar-refractivity contribution is -0.116. The summed E-state index contributed by atoms with van der Waals surface area (Å²) in [4.78, 5) is 11.3. The molecule has 24 heavy (non-hydrogen) atoms. The maximum absolute atomic E-state index is 11.3. The summed E-state index contributed by atoms with van der Waals surface area (Å²) in [6.45, 7) is 9.52. The second kappa shape index (κ2) is 11.2. The third kappa shape index (κ3) is 8.43. The molecule has 0 radical (unpaired) electrons. The van der Waals surface area contributed by atoms with Crippen LogP contribution in [0.5, 0.6) is 5.75 Å². The van der Waals surface area contributed by atoms with Crippen molar-refractivity contribution in [2.45, 2.75) is 59.3 Å². The first-order chi connectivity index (χ1) is 11.4. The zero-order valence-corrected chi connectivity index (χ0v) is 15.3. The number of benzene rings is 1. The number of hydrogen-bond donors (Lipinski definition) is 2. The van der Waals surface area contributed by atoms with Gasteiger partial charge in [0.05, 0.1) is 6.61 Å². The lowest BCUT2D eigenvalue weighted by Crippen LogP contribution is -2.35. The number of hydrogen-bond acceptors (Lipinski definition) is 5. The predicted molar refractivity (Wildman–Crippen MR) is 95.4 cm³/mol. The van der Waals surface area contributed by atoms with Crippen molar-refractivity contribution in [3.05, 3.63) is 29.3 Å². The van der Waals surface area contributed by atoms with E-state index in [2.05, 4.69) is 12.2 Å². The number of aliphatic hydroxyl groups excluding tert-OH is 1. The highest BCUT2D eigenvalue weighted by Crippen LogP contribution is 2.22. The van der Waals surface area contributed by atoms with Crippen molar-refractivity contribution < 1.29 is 19.4 Å². The van der Waals surface area contributed by atoms with Gasteiger partial charge in [0, 0.05) is 31.2 Å². The fourth-order valence-electron chi connectivity index (χ4n) is 2.23. The largest absolute Gasteiger partial charge is 0.490 e. The SMILES string of the molecule is CCCOCc1cc(CC(C)=O)ccc1OC[C@@H](O)CNC(C)C. The number of carbonyl (C=O) groups is 1. The Morgan fingerprint density at radius 2 is 2.08 bits per heavy atom. The standard InChI is InChI=1S/C19H31NO4/c1-5-8-23-12-17-10-16(9-15(4)21)6-7-19(17)24-13-18(22)11-20-14(2)3/h6-7,10,14,18,20,22H,5,8-9,11-13H2,1-4H3/t18-/m0/s1. The molecule has 0 saturated heterocycles. The molecule has 1 aromatic carbocycles. The van der Waals surface area contributed by atoms with E-state index in [1.54, 1.807) is 6.92 Å². The monoisotopic (exact) mass is 337 g/mol. The minimum atomic E-state index is -0.575. The zero-order valence-electron chi connectivity index (χ0n) is 15.3. The van der Waals surface area contributed by atoms with E-state index in [-0.39, 0.29) is 12.4 Å². The number of ether oxygens (including phenoxy) is 2. The van der Waals surface area contributed by atoms with E-state index in [9.17, 15) is 9.90 Å². The summed E-state index contributed by atoms with van der Waals surface area (Å²) in [6, 6.07) is 6.01. The van der Waals surface area contributed by atoms with Crippen LogP contribution in [0.25, 0.3) is 0 Å². The molecule has 0 heterocycles. The van der Waals surface area contributed by atoms with Gasteiger partial charge in [0.15, 0.2) is 0 Å². The molecule has 0 aliphatic heterocycles. The first kappa shape index (κ1) is 20.6. The van der Waals surface area contributed by atoms with E-state index >= 15 is 0 Å². The fraction of sp³-hybridized carbons (Fsp3) is 0.632. The average Bonchev–Trinajstić information content (AvgIpc) is 2.51. The van der Waals surface area contributed by atoms with E-state index in [0.717, 1.165) is 17.5 Å². The van der Waals surface area contributed by atoms with Gasteiger partial charge in [0.25, 0.3) is 0 Å². The van der Waals surface area contributed by atoms with Crippen molar-refractivity contribution in [3.8, 4) is 5.75 Å². The predicted octanol–water partition coefficient (Wildman–Crippen LogP) is 2.48. The zero-order chi connectivity index (χ0) is 17.9. The molecule has 0 aromatic heterocycles. The lowest BCUT2D eigenvalue weighted by atomic mass is 10.1. The van der Waals surface area contributed by atoms with Crippen molar-refractivity contribution in [1.82, 2.24) is 5.32 Å². The van der Waals surface area contributed by atoms with Crippen molar-refractivity contribution in [2.24, 2.45) is 0 Å².